The molecule has 1 aliphatic heterocycles. The van der Waals surface area contributed by atoms with Crippen molar-refractivity contribution < 1.29 is 23.9 Å². The summed E-state index contributed by atoms with van der Waals surface area (Å²) in [5.74, 6) is -2.03. The van der Waals surface area contributed by atoms with E-state index in [0.29, 0.717) is 11.6 Å². The van der Waals surface area contributed by atoms with E-state index in [2.05, 4.69) is 15.6 Å². The third-order valence-electron chi connectivity index (χ3n) is 3.69. The third-order valence-corrected chi connectivity index (χ3v) is 4.70. The molecule has 2 N–H and O–H groups in total. The molecule has 1 atom stereocenters. The fourth-order valence-corrected chi connectivity index (χ4v) is 3.57. The van der Waals surface area contributed by atoms with Crippen LogP contribution in [0.4, 0.5) is 10.1 Å². The predicted octanol–water partition coefficient (Wildman–Crippen LogP) is 0.656. The summed E-state index contributed by atoms with van der Waals surface area (Å²) >= 11 is 1.39. The highest BCUT2D eigenvalue weighted by Gasteiger charge is 2.35. The molecule has 2 amide bonds. The van der Waals surface area contributed by atoms with E-state index in [1.807, 2.05) is 0 Å². The molecule has 2 aromatic rings. The Morgan fingerprint density at radius 2 is 2.12 bits per heavy atom. The Hall–Kier alpha value is -2.95. The normalized spacial score (nSPS) is 16.5. The lowest BCUT2D eigenvalue weighted by Gasteiger charge is -2.23. The van der Waals surface area contributed by atoms with Crippen LogP contribution < -0.4 is 5.32 Å². The summed E-state index contributed by atoms with van der Waals surface area (Å²) in [7, 11) is 0. The smallest absolute Gasteiger partial charge is 0.358 e. The minimum atomic E-state index is -1.25. The maximum atomic E-state index is 13.7. The molecule has 1 saturated heterocycles. The van der Waals surface area contributed by atoms with Gasteiger partial charge in [0.2, 0.25) is 11.8 Å². The largest absolute Gasteiger partial charge is 0.476 e. The van der Waals surface area contributed by atoms with E-state index in [0.717, 1.165) is 10.9 Å². The fourth-order valence-electron chi connectivity index (χ4n) is 2.39. The van der Waals surface area contributed by atoms with Gasteiger partial charge >= 0.3 is 5.97 Å². The van der Waals surface area contributed by atoms with Gasteiger partial charge < -0.3 is 15.3 Å². The Morgan fingerprint density at radius 3 is 2.81 bits per heavy atom. The van der Waals surface area contributed by atoms with Crippen molar-refractivity contribution in [1.82, 2.24) is 19.9 Å². The fraction of sp³-hybridized carbons (Fsp3) is 0.267. The van der Waals surface area contributed by atoms with Crippen molar-refractivity contribution in [3.63, 3.8) is 0 Å². The van der Waals surface area contributed by atoms with Crippen LogP contribution in [0.5, 0.6) is 0 Å². The second-order valence-electron chi connectivity index (χ2n) is 5.45. The van der Waals surface area contributed by atoms with Gasteiger partial charge in [-0.2, -0.15) is 0 Å². The SMILES string of the molecule is O=C(O)c1cn(CC(=O)N2CSCC2C(=O)Nc2ccccc2F)nn1. The lowest BCUT2D eigenvalue weighted by atomic mass is 10.2. The lowest BCUT2D eigenvalue weighted by Crippen LogP contribution is -2.45. The molecule has 0 aliphatic carbocycles. The summed E-state index contributed by atoms with van der Waals surface area (Å²) in [5, 5.41) is 18.3. The topological polar surface area (TPSA) is 117 Å². The molecular weight excluding hydrogens is 365 g/mol. The molecule has 0 bridgehead atoms. The number of hydrogen-bond acceptors (Lipinski definition) is 6. The van der Waals surface area contributed by atoms with Crippen LogP contribution in [0.15, 0.2) is 30.5 Å². The molecule has 2 heterocycles. The predicted molar refractivity (Wildman–Crippen MR) is 90.0 cm³/mol. The molecule has 0 saturated carbocycles. The molecule has 3 rings (SSSR count). The molecule has 136 valence electrons. The number of carbonyl (C=O) groups is 3. The lowest BCUT2D eigenvalue weighted by molar-refractivity contribution is -0.136. The van der Waals surface area contributed by atoms with Crippen LogP contribution in [0, 0.1) is 5.82 Å². The van der Waals surface area contributed by atoms with Crippen LogP contribution in [0.1, 0.15) is 10.5 Å². The number of carboxylic acid groups (broad SMARTS) is 1. The Bertz CT molecular complexity index is 858. The molecule has 26 heavy (non-hydrogen) atoms. The number of carboxylic acids is 1. The average molecular weight is 379 g/mol. The van der Waals surface area contributed by atoms with Gasteiger partial charge in [-0.25, -0.2) is 13.9 Å². The van der Waals surface area contributed by atoms with Gasteiger partial charge in [0.25, 0.3) is 0 Å². The first-order valence-electron chi connectivity index (χ1n) is 7.51. The number of halogens is 1. The number of nitrogens with zero attached hydrogens (tertiary/aromatic N) is 4. The van der Waals surface area contributed by atoms with Crippen molar-refractivity contribution in [1.29, 1.82) is 0 Å². The van der Waals surface area contributed by atoms with Crippen molar-refractivity contribution in [2.75, 3.05) is 16.9 Å². The number of para-hydroxylation sites is 1. The molecule has 9 nitrogen and oxygen atoms in total. The summed E-state index contributed by atoms with van der Waals surface area (Å²) < 4.78 is 14.8. The summed E-state index contributed by atoms with van der Waals surface area (Å²) in [4.78, 5) is 37.0. The molecule has 11 heteroatoms. The van der Waals surface area contributed by atoms with Gasteiger partial charge in [-0.05, 0) is 12.1 Å². The maximum Gasteiger partial charge on any atom is 0.358 e. The van der Waals surface area contributed by atoms with Crippen LogP contribution in [0.25, 0.3) is 0 Å². The maximum absolute atomic E-state index is 13.7. The number of hydrogen-bond donors (Lipinski definition) is 2. The number of carbonyl (C=O) groups excluding carboxylic acids is 2. The first-order valence-corrected chi connectivity index (χ1v) is 8.67. The summed E-state index contributed by atoms with van der Waals surface area (Å²) in [6, 6.07) is 5.01. The average Bonchev–Trinajstić information content (AvgIpc) is 3.26. The van der Waals surface area contributed by atoms with Crippen LogP contribution in [0.2, 0.25) is 0 Å². The van der Waals surface area contributed by atoms with Crippen molar-refractivity contribution in [3.8, 4) is 0 Å². The summed E-state index contributed by atoms with van der Waals surface area (Å²) in [6.07, 6.45) is 1.14. The quantitative estimate of drug-likeness (QED) is 0.783. The first kappa shape index (κ1) is 17.9. The number of nitrogens with one attached hydrogen (secondary N) is 1. The zero-order chi connectivity index (χ0) is 18.7. The standard InChI is InChI=1S/C15H14FN5O4S/c16-9-3-1-2-4-10(9)17-14(23)12-7-26-8-21(12)13(22)6-20-5-11(15(24)25)18-19-20/h1-5,12H,6-8H2,(H,17,23)(H,24,25). The van der Waals surface area contributed by atoms with E-state index < -0.39 is 29.6 Å². The van der Waals surface area contributed by atoms with Crippen molar-refractivity contribution in [2.45, 2.75) is 12.6 Å². The van der Waals surface area contributed by atoms with Gasteiger partial charge in [-0.1, -0.05) is 17.3 Å². The molecule has 0 radical (unpaired) electrons. The molecule has 1 aromatic carbocycles. The van der Waals surface area contributed by atoms with E-state index in [-0.39, 0.29) is 17.9 Å². The van der Waals surface area contributed by atoms with E-state index >= 15 is 0 Å². The van der Waals surface area contributed by atoms with Crippen LogP contribution in [-0.4, -0.2) is 60.5 Å². The number of amides is 2. The Balaban J connectivity index is 1.66. The highest BCUT2D eigenvalue weighted by Crippen LogP contribution is 2.23. The summed E-state index contributed by atoms with van der Waals surface area (Å²) in [6.45, 7) is -0.246. The number of aromatic carboxylic acids is 1. The number of benzene rings is 1. The van der Waals surface area contributed by atoms with Gasteiger partial charge in [-0.3, -0.25) is 9.59 Å². The number of anilines is 1. The number of aromatic nitrogens is 3. The van der Waals surface area contributed by atoms with Gasteiger partial charge in [-0.15, -0.1) is 16.9 Å². The van der Waals surface area contributed by atoms with E-state index in [9.17, 15) is 18.8 Å². The first-order chi connectivity index (χ1) is 12.5. The highest BCUT2D eigenvalue weighted by molar-refractivity contribution is 7.99. The second-order valence-corrected chi connectivity index (χ2v) is 6.45. The zero-order valence-electron chi connectivity index (χ0n) is 13.3. The molecule has 1 unspecified atom stereocenters. The van der Waals surface area contributed by atoms with Gasteiger partial charge in [0.05, 0.1) is 17.8 Å². The van der Waals surface area contributed by atoms with Crippen LogP contribution in [0.3, 0.4) is 0 Å². The molecule has 0 spiro atoms. The van der Waals surface area contributed by atoms with Gasteiger partial charge in [0.1, 0.15) is 18.4 Å². The minimum absolute atomic E-state index is 0.0455. The van der Waals surface area contributed by atoms with Crippen molar-refractivity contribution >= 4 is 35.2 Å². The Kier molecular flexibility index (Phi) is 5.16. The zero-order valence-corrected chi connectivity index (χ0v) is 14.1. The Morgan fingerprint density at radius 1 is 1.35 bits per heavy atom. The van der Waals surface area contributed by atoms with E-state index in [1.165, 1.54) is 34.9 Å². The Labute approximate surface area is 151 Å². The second kappa shape index (κ2) is 7.52. The molecule has 1 aromatic heterocycles. The van der Waals surface area contributed by atoms with E-state index in [4.69, 9.17) is 5.11 Å². The number of rotatable bonds is 5. The monoisotopic (exact) mass is 379 g/mol. The van der Waals surface area contributed by atoms with E-state index in [1.54, 1.807) is 6.07 Å². The van der Waals surface area contributed by atoms with Crippen molar-refractivity contribution in [3.05, 3.63) is 42.0 Å². The third kappa shape index (κ3) is 3.82. The highest BCUT2D eigenvalue weighted by atomic mass is 32.2. The van der Waals surface area contributed by atoms with Crippen molar-refractivity contribution in [2.24, 2.45) is 0 Å². The molecular formula is C15H14FN5O4S. The van der Waals surface area contributed by atoms with Crippen LogP contribution >= 0.6 is 11.8 Å². The van der Waals surface area contributed by atoms with Gasteiger partial charge in [0, 0.05) is 5.75 Å². The summed E-state index contributed by atoms with van der Waals surface area (Å²) in [5.41, 5.74) is -0.230. The molecule has 1 aliphatic rings. The minimum Gasteiger partial charge on any atom is -0.476 e. The van der Waals surface area contributed by atoms with Crippen LogP contribution in [-0.2, 0) is 16.1 Å². The number of thioether (sulfide) groups is 1. The van der Waals surface area contributed by atoms with Gasteiger partial charge in [0.15, 0.2) is 5.69 Å². The molecule has 1 fully saturated rings.